The SMILES string of the molecule is CCC(C)=NCCC(C)[SiH](OC)OC. The van der Waals surface area contributed by atoms with E-state index in [1.807, 2.05) is 0 Å². The maximum absolute atomic E-state index is 5.31. The molecule has 0 radical (unpaired) electrons. The van der Waals surface area contributed by atoms with Crippen LogP contribution in [0.3, 0.4) is 0 Å². The molecule has 0 rings (SSSR count). The molecule has 0 N–H and O–H groups in total. The Morgan fingerprint density at radius 2 is 1.93 bits per heavy atom. The van der Waals surface area contributed by atoms with Crippen molar-refractivity contribution < 1.29 is 8.85 Å². The van der Waals surface area contributed by atoms with Gasteiger partial charge in [-0.1, -0.05) is 13.8 Å². The normalized spacial score (nSPS) is 14.9. The first-order valence-corrected chi connectivity index (χ1v) is 6.82. The lowest BCUT2D eigenvalue weighted by Gasteiger charge is -2.17. The van der Waals surface area contributed by atoms with Crippen LogP contribution in [0.4, 0.5) is 0 Å². The molecule has 0 aliphatic heterocycles. The van der Waals surface area contributed by atoms with Crippen LogP contribution < -0.4 is 0 Å². The minimum absolute atomic E-state index is 0.526. The third kappa shape index (κ3) is 5.52. The van der Waals surface area contributed by atoms with Crippen LogP contribution in [0.15, 0.2) is 4.99 Å². The van der Waals surface area contributed by atoms with Crippen LogP contribution in [0.5, 0.6) is 0 Å². The van der Waals surface area contributed by atoms with E-state index in [0.717, 1.165) is 19.4 Å². The molecule has 0 spiro atoms. The maximum atomic E-state index is 5.31. The van der Waals surface area contributed by atoms with Crippen LogP contribution in [0, 0.1) is 0 Å². The summed E-state index contributed by atoms with van der Waals surface area (Å²) in [6.07, 6.45) is 2.11. The van der Waals surface area contributed by atoms with Crippen LogP contribution in [0.2, 0.25) is 5.54 Å². The van der Waals surface area contributed by atoms with E-state index >= 15 is 0 Å². The van der Waals surface area contributed by atoms with Gasteiger partial charge in [0.1, 0.15) is 0 Å². The zero-order valence-corrected chi connectivity index (χ0v) is 11.2. The molecule has 0 amide bonds. The summed E-state index contributed by atoms with van der Waals surface area (Å²) in [6, 6.07) is 0. The highest BCUT2D eigenvalue weighted by Crippen LogP contribution is 2.15. The second-order valence-electron chi connectivity index (χ2n) is 3.58. The summed E-state index contributed by atoms with van der Waals surface area (Å²) in [5, 5.41) is 0. The Hall–Kier alpha value is -0.193. The van der Waals surface area contributed by atoms with Crippen LogP contribution >= 0.6 is 0 Å². The standard InChI is InChI=1S/C10H23NO2Si/c1-6-9(2)11-8-7-10(3)14(12-4)13-5/h10,14H,6-8H2,1-5H3. The van der Waals surface area contributed by atoms with Crippen molar-refractivity contribution in [1.82, 2.24) is 0 Å². The van der Waals surface area contributed by atoms with E-state index in [2.05, 4.69) is 25.8 Å². The summed E-state index contributed by atoms with van der Waals surface area (Å²) >= 11 is 0. The van der Waals surface area contributed by atoms with Crippen molar-refractivity contribution in [3.63, 3.8) is 0 Å². The Labute approximate surface area is 89.4 Å². The number of hydrogen-bond donors (Lipinski definition) is 0. The molecule has 0 aromatic carbocycles. The van der Waals surface area contributed by atoms with Gasteiger partial charge >= 0.3 is 9.28 Å². The molecule has 0 fully saturated rings. The third-order valence-corrected chi connectivity index (χ3v) is 4.60. The zero-order valence-electron chi connectivity index (χ0n) is 10.0. The Morgan fingerprint density at radius 3 is 2.36 bits per heavy atom. The predicted octanol–water partition coefficient (Wildman–Crippen LogP) is 2.15. The van der Waals surface area contributed by atoms with Gasteiger partial charge in [0.15, 0.2) is 0 Å². The second-order valence-corrected chi connectivity index (χ2v) is 6.39. The van der Waals surface area contributed by atoms with Crippen molar-refractivity contribution in [1.29, 1.82) is 0 Å². The Balaban J connectivity index is 3.77. The lowest BCUT2D eigenvalue weighted by Crippen LogP contribution is -2.25. The van der Waals surface area contributed by atoms with Gasteiger partial charge in [0.2, 0.25) is 0 Å². The first-order valence-electron chi connectivity index (χ1n) is 5.21. The average Bonchev–Trinajstić information content (AvgIpc) is 2.19. The van der Waals surface area contributed by atoms with Crippen molar-refractivity contribution in [3.05, 3.63) is 0 Å². The van der Waals surface area contributed by atoms with Gasteiger partial charge in [0, 0.05) is 26.5 Å². The molecule has 14 heavy (non-hydrogen) atoms. The molecular formula is C10H23NO2Si. The van der Waals surface area contributed by atoms with Crippen LogP contribution in [-0.2, 0) is 8.85 Å². The number of rotatable bonds is 7. The summed E-state index contributed by atoms with van der Waals surface area (Å²) < 4.78 is 10.6. The Bertz CT molecular complexity index is 170. The van der Waals surface area contributed by atoms with E-state index in [9.17, 15) is 0 Å². The highest BCUT2D eigenvalue weighted by Gasteiger charge is 2.18. The smallest absolute Gasteiger partial charge is 0.323 e. The second kappa shape index (κ2) is 8.14. The fourth-order valence-corrected chi connectivity index (χ4v) is 2.81. The van der Waals surface area contributed by atoms with E-state index in [1.165, 1.54) is 5.71 Å². The lowest BCUT2D eigenvalue weighted by atomic mass is 10.3. The van der Waals surface area contributed by atoms with Crippen LogP contribution in [-0.4, -0.2) is 35.8 Å². The van der Waals surface area contributed by atoms with Crippen molar-refractivity contribution in [3.8, 4) is 0 Å². The van der Waals surface area contributed by atoms with E-state index < -0.39 is 9.28 Å². The molecule has 0 aliphatic carbocycles. The molecule has 0 heterocycles. The average molecular weight is 217 g/mol. The molecule has 0 aromatic heterocycles. The largest absolute Gasteiger partial charge is 0.400 e. The van der Waals surface area contributed by atoms with Crippen molar-refractivity contribution >= 4 is 15.0 Å². The highest BCUT2D eigenvalue weighted by molar-refractivity contribution is 6.46. The predicted molar refractivity (Wildman–Crippen MR) is 63.5 cm³/mol. The molecule has 0 bridgehead atoms. The lowest BCUT2D eigenvalue weighted by molar-refractivity contribution is 0.265. The van der Waals surface area contributed by atoms with Gasteiger partial charge < -0.3 is 8.85 Å². The fraction of sp³-hybridized carbons (Fsp3) is 0.900. The molecule has 84 valence electrons. The summed E-state index contributed by atoms with van der Waals surface area (Å²) in [6.45, 7) is 7.29. The third-order valence-electron chi connectivity index (χ3n) is 2.41. The van der Waals surface area contributed by atoms with Gasteiger partial charge in [-0.05, 0) is 25.3 Å². The van der Waals surface area contributed by atoms with Crippen molar-refractivity contribution in [2.24, 2.45) is 4.99 Å². The Kier molecular flexibility index (Phi) is 8.03. The molecule has 0 saturated carbocycles. The van der Waals surface area contributed by atoms with Gasteiger partial charge in [-0.2, -0.15) is 0 Å². The minimum Gasteiger partial charge on any atom is -0.400 e. The quantitative estimate of drug-likeness (QED) is 0.483. The first kappa shape index (κ1) is 13.8. The van der Waals surface area contributed by atoms with E-state index in [-0.39, 0.29) is 0 Å². The Morgan fingerprint density at radius 1 is 1.36 bits per heavy atom. The summed E-state index contributed by atoms with van der Waals surface area (Å²) in [7, 11) is 2.04. The number of hydrogen-bond acceptors (Lipinski definition) is 3. The molecule has 1 atom stereocenters. The van der Waals surface area contributed by atoms with Crippen LogP contribution in [0.25, 0.3) is 0 Å². The van der Waals surface area contributed by atoms with Gasteiger partial charge in [0.05, 0.1) is 0 Å². The molecular weight excluding hydrogens is 194 g/mol. The molecule has 0 saturated heterocycles. The first-order chi connectivity index (χ1) is 6.65. The monoisotopic (exact) mass is 217 g/mol. The fourth-order valence-electron chi connectivity index (χ4n) is 1.27. The number of nitrogens with zero attached hydrogens (tertiary/aromatic N) is 1. The number of aliphatic imine (C=N–C) groups is 1. The highest BCUT2D eigenvalue weighted by atomic mass is 28.3. The van der Waals surface area contributed by atoms with Crippen LogP contribution in [0.1, 0.15) is 33.6 Å². The van der Waals surface area contributed by atoms with E-state index in [4.69, 9.17) is 8.85 Å². The molecule has 1 unspecified atom stereocenters. The van der Waals surface area contributed by atoms with E-state index in [1.54, 1.807) is 14.2 Å². The summed E-state index contributed by atoms with van der Waals surface area (Å²) in [4.78, 5) is 4.46. The summed E-state index contributed by atoms with van der Waals surface area (Å²) in [5.41, 5.74) is 1.75. The maximum Gasteiger partial charge on any atom is 0.323 e. The molecule has 3 nitrogen and oxygen atoms in total. The van der Waals surface area contributed by atoms with Gasteiger partial charge in [-0.3, -0.25) is 4.99 Å². The zero-order chi connectivity index (χ0) is 11.0. The topological polar surface area (TPSA) is 30.8 Å². The van der Waals surface area contributed by atoms with E-state index in [0.29, 0.717) is 5.54 Å². The molecule has 4 heteroatoms. The van der Waals surface area contributed by atoms with Crippen molar-refractivity contribution in [2.45, 2.75) is 39.2 Å². The van der Waals surface area contributed by atoms with Crippen molar-refractivity contribution in [2.75, 3.05) is 20.8 Å². The molecule has 0 aliphatic rings. The minimum atomic E-state index is -1.43. The van der Waals surface area contributed by atoms with Gasteiger partial charge in [0.25, 0.3) is 0 Å². The molecule has 0 aromatic rings. The van der Waals surface area contributed by atoms with Gasteiger partial charge in [-0.25, -0.2) is 0 Å². The summed E-state index contributed by atoms with van der Waals surface area (Å²) in [5.74, 6) is 0. The van der Waals surface area contributed by atoms with Gasteiger partial charge in [-0.15, -0.1) is 0 Å².